The molecule has 0 saturated carbocycles. The van der Waals surface area contributed by atoms with Gasteiger partial charge in [0.2, 0.25) is 0 Å². The van der Waals surface area contributed by atoms with Crippen LogP contribution in [0.15, 0.2) is 12.2 Å². The van der Waals surface area contributed by atoms with E-state index in [-0.39, 0.29) is 0 Å². The fraction of sp³-hybridized carbons (Fsp3) is 0.857. The zero-order valence-electron chi connectivity index (χ0n) is 23.7. The van der Waals surface area contributed by atoms with Crippen LogP contribution < -0.4 is 0 Å². The first-order valence-electron chi connectivity index (χ1n) is 13.6. The van der Waals surface area contributed by atoms with Crippen molar-refractivity contribution in [2.45, 2.75) is 117 Å². The molecule has 35 heavy (non-hydrogen) atoms. The molecule has 0 aromatic carbocycles. The maximum absolute atomic E-state index is 11.0. The van der Waals surface area contributed by atoms with Gasteiger partial charge in [0.15, 0.2) is 0 Å². The van der Waals surface area contributed by atoms with Gasteiger partial charge in [0.1, 0.15) is 0 Å². The Kier molecular flexibility index (Phi) is 26.2. The van der Waals surface area contributed by atoms with E-state index in [1.807, 2.05) is 13.8 Å². The number of esters is 2. The lowest BCUT2D eigenvalue weighted by Crippen LogP contribution is -2.44. The molecule has 1 unspecified atom stereocenters. The predicted molar refractivity (Wildman–Crippen MR) is 141 cm³/mol. The highest BCUT2D eigenvalue weighted by atomic mass is 16.9. The quantitative estimate of drug-likeness (QED) is 0.0725. The Morgan fingerprint density at radius 1 is 0.600 bits per heavy atom. The largest absolute Gasteiger partial charge is 0.463 e. The van der Waals surface area contributed by atoms with Crippen LogP contribution in [0.25, 0.3) is 0 Å². The lowest BCUT2D eigenvalue weighted by atomic mass is 9.93. The fourth-order valence-electron chi connectivity index (χ4n) is 3.63. The van der Waals surface area contributed by atoms with Crippen LogP contribution in [0.4, 0.5) is 0 Å². The van der Waals surface area contributed by atoms with Crippen molar-refractivity contribution in [1.82, 2.24) is 0 Å². The molecule has 0 aliphatic heterocycles. The molecule has 0 fully saturated rings. The topological polar surface area (TPSA) is 80.3 Å². The second-order valence-corrected chi connectivity index (χ2v) is 8.63. The highest BCUT2D eigenvalue weighted by Crippen LogP contribution is 2.32. The van der Waals surface area contributed by atoms with Crippen LogP contribution in [0, 0.1) is 5.92 Å². The highest BCUT2D eigenvalue weighted by molar-refractivity contribution is 5.91. The Labute approximate surface area is 215 Å². The normalized spacial score (nSPS) is 12.2. The number of hydrogen-bond donors (Lipinski definition) is 0. The summed E-state index contributed by atoms with van der Waals surface area (Å²) < 4.78 is 26.2. The molecular formula is C28H54O7. The first-order valence-corrected chi connectivity index (χ1v) is 13.6. The van der Waals surface area contributed by atoms with Crippen molar-refractivity contribution in [3.8, 4) is 0 Å². The molecule has 0 aromatic rings. The first kappa shape index (κ1) is 35.7. The molecular weight excluding hydrogens is 448 g/mol. The molecule has 0 saturated heterocycles. The molecule has 0 aliphatic rings. The molecule has 0 aliphatic carbocycles. The average molecular weight is 503 g/mol. The second kappa shape index (κ2) is 25.6. The summed E-state index contributed by atoms with van der Waals surface area (Å²) in [4.78, 5) is 22.1. The second-order valence-electron chi connectivity index (χ2n) is 8.63. The van der Waals surface area contributed by atoms with Crippen LogP contribution in [0.3, 0.4) is 0 Å². The smallest absolute Gasteiger partial charge is 0.331 e. The number of rotatable bonds is 21. The van der Waals surface area contributed by atoms with E-state index >= 15 is 0 Å². The molecule has 208 valence electrons. The summed E-state index contributed by atoms with van der Waals surface area (Å²) in [5, 5.41) is 0. The van der Waals surface area contributed by atoms with Crippen molar-refractivity contribution in [3.05, 3.63) is 12.2 Å². The van der Waals surface area contributed by atoms with Gasteiger partial charge < -0.3 is 23.7 Å². The van der Waals surface area contributed by atoms with Crippen molar-refractivity contribution >= 4 is 11.9 Å². The number of unbranched alkanes of at least 4 members (excludes halogenated alkanes) is 7. The molecule has 0 bridgehead atoms. The Morgan fingerprint density at radius 3 is 1.43 bits per heavy atom. The minimum Gasteiger partial charge on any atom is -0.463 e. The Bertz CT molecular complexity index is 483. The summed E-state index contributed by atoms with van der Waals surface area (Å²) >= 11 is 0. The summed E-state index contributed by atoms with van der Waals surface area (Å²) in [6, 6.07) is 0. The average Bonchev–Trinajstić information content (AvgIpc) is 2.87. The number of methoxy groups -OCH3 is 3. The van der Waals surface area contributed by atoms with Crippen LogP contribution in [-0.4, -0.2) is 52.5 Å². The van der Waals surface area contributed by atoms with E-state index in [4.69, 9.17) is 23.7 Å². The van der Waals surface area contributed by atoms with Crippen molar-refractivity contribution in [1.29, 1.82) is 0 Å². The van der Waals surface area contributed by atoms with Gasteiger partial charge in [0.05, 0.1) is 13.2 Å². The molecule has 7 nitrogen and oxygen atoms in total. The molecule has 0 rings (SSSR count). The Balaban J connectivity index is 0. The molecule has 0 spiro atoms. The van der Waals surface area contributed by atoms with Gasteiger partial charge in [0, 0.05) is 39.4 Å². The molecule has 1 atom stereocenters. The molecule has 0 heterocycles. The SMILES string of the molecule is CCCCCCCCC(CCC)C(OC)(OC)OC.CCCCOC(=O)/C=C\C(=O)OCCCC. The zero-order chi connectivity index (χ0) is 26.8. The summed E-state index contributed by atoms with van der Waals surface area (Å²) in [5.74, 6) is -1.55. The lowest BCUT2D eigenvalue weighted by Gasteiger charge is -2.36. The first-order chi connectivity index (χ1) is 16.9. The molecule has 7 heteroatoms. The highest BCUT2D eigenvalue weighted by Gasteiger charge is 2.38. The van der Waals surface area contributed by atoms with Crippen molar-refractivity contribution < 1.29 is 33.3 Å². The maximum Gasteiger partial charge on any atom is 0.331 e. The number of hydrogen-bond acceptors (Lipinski definition) is 7. The van der Waals surface area contributed by atoms with Crippen LogP contribution >= 0.6 is 0 Å². The predicted octanol–water partition coefficient (Wildman–Crippen LogP) is 6.98. The van der Waals surface area contributed by atoms with Crippen LogP contribution in [0.2, 0.25) is 0 Å². The van der Waals surface area contributed by atoms with Gasteiger partial charge in [-0.15, -0.1) is 0 Å². The minimum atomic E-state index is -0.862. The monoisotopic (exact) mass is 502 g/mol. The van der Waals surface area contributed by atoms with Gasteiger partial charge in [-0.25, -0.2) is 9.59 Å². The summed E-state index contributed by atoms with van der Waals surface area (Å²) in [7, 11) is 4.99. The third-order valence-electron chi connectivity index (χ3n) is 5.74. The molecule has 0 amide bonds. The fourth-order valence-corrected chi connectivity index (χ4v) is 3.63. The number of carbonyl (C=O) groups is 2. The van der Waals surface area contributed by atoms with E-state index in [9.17, 15) is 9.59 Å². The maximum atomic E-state index is 11.0. The van der Waals surface area contributed by atoms with Crippen molar-refractivity contribution in [2.24, 2.45) is 5.92 Å². The third kappa shape index (κ3) is 19.4. The zero-order valence-corrected chi connectivity index (χ0v) is 23.7. The van der Waals surface area contributed by atoms with Crippen LogP contribution in [0.5, 0.6) is 0 Å². The Morgan fingerprint density at radius 2 is 1.03 bits per heavy atom. The van der Waals surface area contributed by atoms with Gasteiger partial charge in [-0.2, -0.15) is 0 Å². The van der Waals surface area contributed by atoms with Crippen molar-refractivity contribution in [3.63, 3.8) is 0 Å². The standard InChI is InChI=1S/C16H34O3.C12H20O4/c1-6-8-9-10-11-12-14-15(13-7-2)16(17-3,18-4)19-5;1-3-5-9-15-11(13)7-8-12(14)16-10-6-4-2/h15H,6-14H2,1-5H3;7-8H,3-6,9-10H2,1-2H3/b;8-7-. The third-order valence-corrected chi connectivity index (χ3v) is 5.74. The van der Waals surface area contributed by atoms with Gasteiger partial charge in [-0.05, 0) is 25.7 Å². The van der Waals surface area contributed by atoms with E-state index in [2.05, 4.69) is 13.8 Å². The molecule has 0 aromatic heterocycles. The van der Waals surface area contributed by atoms with E-state index < -0.39 is 17.9 Å². The minimum absolute atomic E-state index is 0.309. The number of carbonyl (C=O) groups excluding carboxylic acids is 2. The van der Waals surface area contributed by atoms with Crippen LogP contribution in [-0.2, 0) is 33.3 Å². The van der Waals surface area contributed by atoms with Gasteiger partial charge >= 0.3 is 11.9 Å². The van der Waals surface area contributed by atoms with E-state index in [1.165, 1.54) is 38.5 Å². The lowest BCUT2D eigenvalue weighted by molar-refractivity contribution is -0.380. The summed E-state index contributed by atoms with van der Waals surface area (Å²) in [6.45, 7) is 9.25. The Hall–Kier alpha value is -1.44. The van der Waals surface area contributed by atoms with Gasteiger partial charge in [0.25, 0.3) is 5.97 Å². The van der Waals surface area contributed by atoms with E-state index in [0.717, 1.165) is 57.1 Å². The van der Waals surface area contributed by atoms with Crippen LogP contribution in [0.1, 0.15) is 111 Å². The molecule has 0 N–H and O–H groups in total. The molecule has 0 radical (unpaired) electrons. The number of ether oxygens (including phenoxy) is 5. The summed E-state index contributed by atoms with van der Waals surface area (Å²) in [5.41, 5.74) is 0. The van der Waals surface area contributed by atoms with Gasteiger partial charge in [-0.3, -0.25) is 0 Å². The summed E-state index contributed by atoms with van der Waals surface area (Å²) in [6.07, 6.45) is 17.0. The van der Waals surface area contributed by atoms with E-state index in [0.29, 0.717) is 19.1 Å². The van der Waals surface area contributed by atoms with Gasteiger partial charge in [-0.1, -0.05) is 85.5 Å². The van der Waals surface area contributed by atoms with E-state index in [1.54, 1.807) is 21.3 Å². The van der Waals surface area contributed by atoms with Crippen molar-refractivity contribution in [2.75, 3.05) is 34.5 Å².